The fraction of sp³-hybridized carbons (Fsp3) is 0.500. The Kier molecular flexibility index (Phi) is 5.56. The highest BCUT2D eigenvalue weighted by molar-refractivity contribution is 6.35. The van der Waals surface area contributed by atoms with Gasteiger partial charge < -0.3 is 5.73 Å². The SMILES string of the molecule is CC(C)N(CCN)Cc1c(Cl)cccc1Cl. The Bertz CT molecular complexity index is 320. The van der Waals surface area contributed by atoms with Crippen molar-refractivity contribution in [1.29, 1.82) is 0 Å². The van der Waals surface area contributed by atoms with E-state index in [1.165, 1.54) is 0 Å². The quantitative estimate of drug-likeness (QED) is 0.882. The lowest BCUT2D eigenvalue weighted by Gasteiger charge is -2.26. The van der Waals surface area contributed by atoms with Gasteiger partial charge >= 0.3 is 0 Å². The number of nitrogens with two attached hydrogens (primary N) is 1. The van der Waals surface area contributed by atoms with Crippen molar-refractivity contribution in [2.75, 3.05) is 13.1 Å². The summed E-state index contributed by atoms with van der Waals surface area (Å²) in [6.07, 6.45) is 0. The lowest BCUT2D eigenvalue weighted by atomic mass is 10.2. The third-order valence-electron chi connectivity index (χ3n) is 2.57. The molecule has 2 N–H and O–H groups in total. The van der Waals surface area contributed by atoms with Crippen LogP contribution in [-0.4, -0.2) is 24.0 Å². The molecular formula is C12H18Cl2N2. The van der Waals surface area contributed by atoms with E-state index in [0.29, 0.717) is 12.6 Å². The van der Waals surface area contributed by atoms with Gasteiger partial charge in [0, 0.05) is 41.3 Å². The molecule has 2 nitrogen and oxygen atoms in total. The molecule has 0 bridgehead atoms. The zero-order chi connectivity index (χ0) is 12.1. The summed E-state index contributed by atoms with van der Waals surface area (Å²) in [5, 5.41) is 1.44. The van der Waals surface area contributed by atoms with Crippen molar-refractivity contribution in [3.63, 3.8) is 0 Å². The summed E-state index contributed by atoms with van der Waals surface area (Å²) in [7, 11) is 0. The van der Waals surface area contributed by atoms with Crippen LogP contribution in [0, 0.1) is 0 Å². The molecule has 0 aliphatic heterocycles. The molecule has 0 amide bonds. The zero-order valence-electron chi connectivity index (χ0n) is 9.71. The molecular weight excluding hydrogens is 243 g/mol. The van der Waals surface area contributed by atoms with Crippen molar-refractivity contribution >= 4 is 23.2 Å². The minimum absolute atomic E-state index is 0.427. The molecule has 1 aromatic carbocycles. The second-order valence-corrected chi connectivity index (χ2v) is 4.87. The molecule has 0 spiro atoms. The van der Waals surface area contributed by atoms with Crippen LogP contribution in [0.25, 0.3) is 0 Å². The first-order valence-electron chi connectivity index (χ1n) is 5.43. The normalized spacial score (nSPS) is 11.4. The Morgan fingerprint density at radius 1 is 1.25 bits per heavy atom. The van der Waals surface area contributed by atoms with Crippen molar-refractivity contribution in [3.8, 4) is 0 Å². The van der Waals surface area contributed by atoms with E-state index in [1.807, 2.05) is 18.2 Å². The summed E-state index contributed by atoms with van der Waals surface area (Å²) in [5.74, 6) is 0. The van der Waals surface area contributed by atoms with Crippen LogP contribution in [-0.2, 0) is 6.54 Å². The van der Waals surface area contributed by atoms with Gasteiger partial charge in [-0.25, -0.2) is 0 Å². The average molecular weight is 261 g/mol. The molecule has 4 heteroatoms. The first-order valence-corrected chi connectivity index (χ1v) is 6.19. The van der Waals surface area contributed by atoms with Crippen LogP contribution < -0.4 is 5.73 Å². The number of nitrogens with zero attached hydrogens (tertiary/aromatic N) is 1. The largest absolute Gasteiger partial charge is 0.329 e. The van der Waals surface area contributed by atoms with E-state index < -0.39 is 0 Å². The van der Waals surface area contributed by atoms with Gasteiger partial charge in [0.15, 0.2) is 0 Å². The van der Waals surface area contributed by atoms with Gasteiger partial charge in [0.05, 0.1) is 0 Å². The maximum Gasteiger partial charge on any atom is 0.0465 e. The summed E-state index contributed by atoms with van der Waals surface area (Å²) in [5.41, 5.74) is 6.57. The Labute approximate surface area is 107 Å². The van der Waals surface area contributed by atoms with Gasteiger partial charge in [-0.2, -0.15) is 0 Å². The molecule has 0 aromatic heterocycles. The second kappa shape index (κ2) is 6.45. The van der Waals surface area contributed by atoms with Crippen LogP contribution in [0.4, 0.5) is 0 Å². The Morgan fingerprint density at radius 3 is 2.25 bits per heavy atom. The first kappa shape index (κ1) is 13.8. The average Bonchev–Trinajstić information content (AvgIpc) is 2.21. The Hall–Kier alpha value is -0.280. The third kappa shape index (κ3) is 3.63. The predicted octanol–water partition coefficient (Wildman–Crippen LogP) is 3.16. The van der Waals surface area contributed by atoms with Gasteiger partial charge in [-0.3, -0.25) is 4.90 Å². The third-order valence-corrected chi connectivity index (χ3v) is 3.28. The monoisotopic (exact) mass is 260 g/mol. The molecule has 16 heavy (non-hydrogen) atoms. The molecule has 0 radical (unpaired) electrons. The molecule has 0 aliphatic carbocycles. The van der Waals surface area contributed by atoms with Gasteiger partial charge in [0.2, 0.25) is 0 Å². The predicted molar refractivity (Wildman–Crippen MR) is 71.1 cm³/mol. The maximum atomic E-state index is 6.14. The second-order valence-electron chi connectivity index (χ2n) is 4.05. The molecule has 0 aliphatic rings. The van der Waals surface area contributed by atoms with E-state index in [0.717, 1.165) is 28.7 Å². The Morgan fingerprint density at radius 2 is 1.81 bits per heavy atom. The number of rotatable bonds is 5. The molecule has 0 saturated carbocycles. The van der Waals surface area contributed by atoms with E-state index in [9.17, 15) is 0 Å². The highest BCUT2D eigenvalue weighted by atomic mass is 35.5. The van der Waals surface area contributed by atoms with Gasteiger partial charge in [-0.1, -0.05) is 29.3 Å². The fourth-order valence-electron chi connectivity index (χ4n) is 1.57. The van der Waals surface area contributed by atoms with Gasteiger partial charge in [-0.15, -0.1) is 0 Å². The number of halogens is 2. The van der Waals surface area contributed by atoms with Crippen LogP contribution in [0.15, 0.2) is 18.2 Å². The lowest BCUT2D eigenvalue weighted by Crippen LogP contribution is -2.34. The Balaban J connectivity index is 2.84. The first-order chi connectivity index (χ1) is 7.56. The van der Waals surface area contributed by atoms with E-state index >= 15 is 0 Å². The minimum Gasteiger partial charge on any atom is -0.329 e. The molecule has 1 aromatic rings. The smallest absolute Gasteiger partial charge is 0.0465 e. The highest BCUT2D eigenvalue weighted by Crippen LogP contribution is 2.26. The van der Waals surface area contributed by atoms with Gasteiger partial charge in [0.1, 0.15) is 0 Å². The fourth-order valence-corrected chi connectivity index (χ4v) is 2.09. The summed E-state index contributed by atoms with van der Waals surface area (Å²) >= 11 is 12.3. The van der Waals surface area contributed by atoms with Gasteiger partial charge in [0.25, 0.3) is 0 Å². The number of benzene rings is 1. The molecule has 1 rings (SSSR count). The van der Waals surface area contributed by atoms with Crippen LogP contribution in [0.2, 0.25) is 10.0 Å². The molecule has 90 valence electrons. The van der Waals surface area contributed by atoms with E-state index in [1.54, 1.807) is 0 Å². The van der Waals surface area contributed by atoms with Crippen LogP contribution in [0.5, 0.6) is 0 Å². The summed E-state index contributed by atoms with van der Waals surface area (Å²) < 4.78 is 0. The van der Waals surface area contributed by atoms with E-state index in [2.05, 4.69) is 18.7 Å². The zero-order valence-corrected chi connectivity index (χ0v) is 11.2. The van der Waals surface area contributed by atoms with Crippen LogP contribution >= 0.6 is 23.2 Å². The minimum atomic E-state index is 0.427. The molecule has 0 saturated heterocycles. The maximum absolute atomic E-state index is 6.14. The highest BCUT2D eigenvalue weighted by Gasteiger charge is 2.13. The summed E-state index contributed by atoms with van der Waals surface area (Å²) in [6, 6.07) is 6.01. The van der Waals surface area contributed by atoms with Crippen LogP contribution in [0.1, 0.15) is 19.4 Å². The summed E-state index contributed by atoms with van der Waals surface area (Å²) in [6.45, 7) is 6.51. The molecule has 0 heterocycles. The number of hydrogen-bond acceptors (Lipinski definition) is 2. The number of hydrogen-bond donors (Lipinski definition) is 1. The molecule has 0 fully saturated rings. The van der Waals surface area contributed by atoms with Crippen molar-refractivity contribution in [2.45, 2.75) is 26.4 Å². The van der Waals surface area contributed by atoms with Crippen LogP contribution in [0.3, 0.4) is 0 Å². The van der Waals surface area contributed by atoms with Crippen molar-refractivity contribution < 1.29 is 0 Å². The van der Waals surface area contributed by atoms with Crippen molar-refractivity contribution in [3.05, 3.63) is 33.8 Å². The van der Waals surface area contributed by atoms with E-state index in [-0.39, 0.29) is 0 Å². The molecule has 0 unspecified atom stereocenters. The van der Waals surface area contributed by atoms with Crippen molar-refractivity contribution in [2.24, 2.45) is 5.73 Å². The standard InChI is InChI=1S/C12H18Cl2N2/c1-9(2)16(7-6-15)8-10-11(13)4-3-5-12(10)14/h3-5,9H,6-8,15H2,1-2H3. The summed E-state index contributed by atoms with van der Waals surface area (Å²) in [4.78, 5) is 2.26. The molecule has 0 atom stereocenters. The topological polar surface area (TPSA) is 29.3 Å². The lowest BCUT2D eigenvalue weighted by molar-refractivity contribution is 0.219. The van der Waals surface area contributed by atoms with Gasteiger partial charge in [-0.05, 0) is 26.0 Å². The van der Waals surface area contributed by atoms with Crippen molar-refractivity contribution in [1.82, 2.24) is 4.90 Å². The van der Waals surface area contributed by atoms with E-state index in [4.69, 9.17) is 28.9 Å².